The van der Waals surface area contributed by atoms with Crippen LogP contribution in [0.15, 0.2) is 53.3 Å². The summed E-state index contributed by atoms with van der Waals surface area (Å²) in [5.41, 5.74) is 1.73. The number of nitrogens with one attached hydrogen (secondary N) is 1. The number of aromatic amines is 1. The van der Waals surface area contributed by atoms with Gasteiger partial charge >= 0.3 is 0 Å². The Labute approximate surface area is 231 Å². The number of hydrogen-bond donors (Lipinski definition) is 1. The molecule has 3 heterocycles. The molecule has 12 heteroatoms. The highest BCUT2D eigenvalue weighted by molar-refractivity contribution is 5.80. The van der Waals surface area contributed by atoms with Gasteiger partial charge in [-0.05, 0) is 74.0 Å². The van der Waals surface area contributed by atoms with Gasteiger partial charge in [0.25, 0.3) is 11.2 Å². The molecule has 0 aliphatic carbocycles. The maximum absolute atomic E-state index is 13.6. The van der Waals surface area contributed by atoms with Gasteiger partial charge in [0.15, 0.2) is 5.82 Å². The number of nitro benzene ring substituents is 1. The number of nitro groups is 1. The highest BCUT2D eigenvalue weighted by Crippen LogP contribution is 2.32. The lowest BCUT2D eigenvalue weighted by molar-refractivity contribution is -0.384. The number of H-pyrrole nitrogens is 1. The van der Waals surface area contributed by atoms with Gasteiger partial charge in [-0.1, -0.05) is 6.92 Å². The number of nitrogens with zero attached hydrogens (tertiary/aromatic N) is 7. The molecular formula is C28H34N8O4. The fraction of sp³-hybridized carbons (Fsp3) is 0.429. The van der Waals surface area contributed by atoms with Gasteiger partial charge in [-0.25, -0.2) is 4.68 Å². The molecule has 0 amide bonds. The summed E-state index contributed by atoms with van der Waals surface area (Å²) in [6.07, 6.45) is 0.803. The SMILES string of the molecule is CCOc1ccc2[nH]c(=O)c([C@H](c3nnnn3C(C)(C)CC)N3CCN(c4ccc([N+](=O)[O-])cc4)CC3)cc2c1. The van der Waals surface area contributed by atoms with Crippen LogP contribution in [-0.2, 0) is 5.54 Å². The van der Waals surface area contributed by atoms with E-state index >= 15 is 0 Å². The summed E-state index contributed by atoms with van der Waals surface area (Å²) in [5.74, 6) is 1.35. The van der Waals surface area contributed by atoms with Gasteiger partial charge in [0.1, 0.15) is 11.8 Å². The Bertz CT molecular complexity index is 1550. The standard InChI is InChI=1S/C28H34N8O4/c1-5-28(3,4)35-26(30-31-32-35)25(23-18-19-17-22(40-6-2)11-12-24(19)29-27(23)37)34-15-13-33(14-16-34)20-7-9-21(10-8-20)36(38)39/h7-12,17-18,25H,5-6,13-16H2,1-4H3,(H,29,37)/t25-/m1/s1. The van der Waals surface area contributed by atoms with Crippen LogP contribution in [0.25, 0.3) is 10.9 Å². The van der Waals surface area contributed by atoms with E-state index in [4.69, 9.17) is 4.74 Å². The van der Waals surface area contributed by atoms with Crippen molar-refractivity contribution in [2.45, 2.75) is 45.7 Å². The van der Waals surface area contributed by atoms with E-state index < -0.39 is 11.0 Å². The van der Waals surface area contributed by atoms with Crippen LogP contribution in [0.2, 0.25) is 0 Å². The first-order chi connectivity index (χ1) is 19.2. The molecule has 1 aliphatic rings. The van der Waals surface area contributed by atoms with Crippen molar-refractivity contribution in [3.8, 4) is 5.75 Å². The number of aromatic nitrogens is 5. The zero-order chi connectivity index (χ0) is 28.4. The number of benzene rings is 2. The number of tetrazole rings is 1. The van der Waals surface area contributed by atoms with Crippen LogP contribution < -0.4 is 15.2 Å². The fourth-order valence-corrected chi connectivity index (χ4v) is 5.13. The van der Waals surface area contributed by atoms with E-state index in [-0.39, 0.29) is 16.8 Å². The first kappa shape index (κ1) is 27.3. The largest absolute Gasteiger partial charge is 0.494 e. The van der Waals surface area contributed by atoms with Crippen LogP contribution in [-0.4, -0.2) is 67.8 Å². The van der Waals surface area contributed by atoms with E-state index in [2.05, 4.69) is 51.1 Å². The average Bonchev–Trinajstić information content (AvgIpc) is 3.45. The molecule has 210 valence electrons. The van der Waals surface area contributed by atoms with Crippen LogP contribution in [0.3, 0.4) is 0 Å². The van der Waals surface area contributed by atoms with E-state index in [9.17, 15) is 14.9 Å². The lowest BCUT2D eigenvalue weighted by atomic mass is 9.98. The molecule has 0 spiro atoms. The Morgan fingerprint density at radius 3 is 2.45 bits per heavy atom. The molecule has 40 heavy (non-hydrogen) atoms. The average molecular weight is 547 g/mol. The van der Waals surface area contributed by atoms with Crippen LogP contribution in [0.4, 0.5) is 11.4 Å². The zero-order valence-corrected chi connectivity index (χ0v) is 23.2. The second-order valence-electron chi connectivity index (χ2n) is 10.5. The molecule has 5 rings (SSSR count). The van der Waals surface area contributed by atoms with E-state index in [0.717, 1.165) is 28.8 Å². The van der Waals surface area contributed by atoms with Crippen molar-refractivity contribution in [3.63, 3.8) is 0 Å². The Hall–Kier alpha value is -4.32. The monoisotopic (exact) mass is 546 g/mol. The molecule has 1 aliphatic heterocycles. The van der Waals surface area contributed by atoms with Gasteiger partial charge in [-0.15, -0.1) is 5.10 Å². The number of pyridine rings is 1. The molecule has 2 aromatic carbocycles. The van der Waals surface area contributed by atoms with E-state index in [1.807, 2.05) is 35.9 Å². The van der Waals surface area contributed by atoms with Crippen molar-refractivity contribution >= 4 is 22.3 Å². The first-order valence-electron chi connectivity index (χ1n) is 13.5. The molecule has 0 bridgehead atoms. The van der Waals surface area contributed by atoms with Crippen molar-refractivity contribution in [2.75, 3.05) is 37.7 Å². The third-order valence-corrected chi connectivity index (χ3v) is 7.73. The first-order valence-corrected chi connectivity index (χ1v) is 13.5. The minimum atomic E-state index is -0.483. The van der Waals surface area contributed by atoms with E-state index in [0.29, 0.717) is 44.2 Å². The number of non-ortho nitro benzene ring substituents is 1. The summed E-state index contributed by atoms with van der Waals surface area (Å²) in [5, 5.41) is 24.8. The number of hydrogen-bond acceptors (Lipinski definition) is 9. The Kier molecular flexibility index (Phi) is 7.53. The van der Waals surface area contributed by atoms with Crippen molar-refractivity contribution in [2.24, 2.45) is 0 Å². The molecule has 2 aromatic heterocycles. The Morgan fingerprint density at radius 2 is 1.80 bits per heavy atom. The maximum atomic E-state index is 13.6. The number of ether oxygens (including phenoxy) is 1. The molecule has 1 fully saturated rings. The highest BCUT2D eigenvalue weighted by atomic mass is 16.6. The number of anilines is 1. The molecule has 1 saturated heterocycles. The smallest absolute Gasteiger partial charge is 0.269 e. The van der Waals surface area contributed by atoms with Crippen molar-refractivity contribution in [1.29, 1.82) is 0 Å². The molecule has 4 aromatic rings. The Balaban J connectivity index is 1.53. The second kappa shape index (κ2) is 11.0. The predicted molar refractivity (Wildman–Crippen MR) is 152 cm³/mol. The summed E-state index contributed by atoms with van der Waals surface area (Å²) in [4.78, 5) is 31.7. The van der Waals surface area contributed by atoms with E-state index in [1.165, 1.54) is 12.1 Å². The summed E-state index contributed by atoms with van der Waals surface area (Å²) < 4.78 is 7.54. The van der Waals surface area contributed by atoms with Gasteiger partial charge in [0.2, 0.25) is 0 Å². The third kappa shape index (κ3) is 5.26. The molecule has 0 saturated carbocycles. The van der Waals surface area contributed by atoms with Crippen LogP contribution in [0.1, 0.15) is 51.5 Å². The third-order valence-electron chi connectivity index (χ3n) is 7.73. The fourth-order valence-electron chi connectivity index (χ4n) is 5.13. The van der Waals surface area contributed by atoms with Crippen LogP contribution >= 0.6 is 0 Å². The molecule has 1 N–H and O–H groups in total. The van der Waals surface area contributed by atoms with Gasteiger partial charge in [-0.3, -0.25) is 19.8 Å². The topological polar surface area (TPSA) is 135 Å². The summed E-state index contributed by atoms with van der Waals surface area (Å²) in [6.45, 7) is 11.3. The predicted octanol–water partition coefficient (Wildman–Crippen LogP) is 3.88. The molecule has 1 atom stereocenters. The Morgan fingerprint density at radius 1 is 1.07 bits per heavy atom. The summed E-state index contributed by atoms with van der Waals surface area (Å²) in [6, 6.07) is 13.7. The lowest BCUT2D eigenvalue weighted by Crippen LogP contribution is -2.49. The number of rotatable bonds is 9. The summed E-state index contributed by atoms with van der Waals surface area (Å²) in [7, 11) is 0. The molecule has 0 unspecified atom stereocenters. The molecular weight excluding hydrogens is 512 g/mol. The number of piperazine rings is 1. The van der Waals surface area contributed by atoms with Gasteiger partial charge < -0.3 is 14.6 Å². The van der Waals surface area contributed by atoms with Crippen molar-refractivity contribution < 1.29 is 9.66 Å². The molecule has 0 radical (unpaired) electrons. The van der Waals surface area contributed by atoms with Gasteiger partial charge in [0, 0.05) is 60.5 Å². The van der Waals surface area contributed by atoms with E-state index in [1.54, 1.807) is 12.1 Å². The van der Waals surface area contributed by atoms with Crippen LogP contribution in [0.5, 0.6) is 5.75 Å². The van der Waals surface area contributed by atoms with Gasteiger partial charge in [0.05, 0.1) is 17.1 Å². The lowest BCUT2D eigenvalue weighted by Gasteiger charge is -2.40. The summed E-state index contributed by atoms with van der Waals surface area (Å²) >= 11 is 0. The van der Waals surface area contributed by atoms with Crippen molar-refractivity contribution in [3.05, 3.63) is 80.4 Å². The maximum Gasteiger partial charge on any atom is 0.269 e. The van der Waals surface area contributed by atoms with Crippen molar-refractivity contribution in [1.82, 2.24) is 30.1 Å². The minimum absolute atomic E-state index is 0.0656. The quantitative estimate of drug-likeness (QED) is 0.245. The van der Waals surface area contributed by atoms with Crippen LogP contribution in [0, 0.1) is 10.1 Å². The highest BCUT2D eigenvalue weighted by Gasteiger charge is 2.35. The zero-order valence-electron chi connectivity index (χ0n) is 23.2. The normalized spacial score (nSPS) is 15.3. The second-order valence-corrected chi connectivity index (χ2v) is 10.5. The van der Waals surface area contributed by atoms with Gasteiger partial charge in [-0.2, -0.15) is 0 Å². The minimum Gasteiger partial charge on any atom is -0.494 e. The number of fused-ring (bicyclic) bond motifs is 1. The molecule has 12 nitrogen and oxygen atoms in total.